The Morgan fingerprint density at radius 1 is 1.38 bits per heavy atom. The van der Waals surface area contributed by atoms with Gasteiger partial charge in [-0.1, -0.05) is 30.0 Å². The van der Waals surface area contributed by atoms with Crippen LogP contribution in [-0.4, -0.2) is 46.6 Å². The minimum atomic E-state index is -3.54. The van der Waals surface area contributed by atoms with Crippen LogP contribution in [0.3, 0.4) is 0 Å². The molecule has 0 aliphatic rings. The van der Waals surface area contributed by atoms with Crippen molar-refractivity contribution >= 4 is 10.2 Å². The molecule has 0 heterocycles. The topological polar surface area (TPSA) is 84.7 Å². The van der Waals surface area contributed by atoms with E-state index in [-0.39, 0.29) is 19.6 Å². The Bertz CT molecular complexity index is 605. The smallest absolute Gasteiger partial charge is 0.279 e. The molecule has 0 saturated carbocycles. The lowest BCUT2D eigenvalue weighted by Crippen LogP contribution is -2.39. The minimum absolute atomic E-state index is 0.234. The number of rotatable bonds is 7. The average Bonchev–Trinajstić information content (AvgIpc) is 2.46. The first kappa shape index (κ1) is 17.6. The molecule has 3 N–H and O–H groups in total. The fraction of sp³-hybridized carbons (Fsp3) is 0.429. The van der Waals surface area contributed by atoms with E-state index in [1.165, 1.54) is 18.5 Å². The van der Waals surface area contributed by atoms with Crippen molar-refractivity contribution in [2.75, 3.05) is 33.9 Å². The zero-order valence-corrected chi connectivity index (χ0v) is 13.1. The molecule has 1 aromatic rings. The minimum Gasteiger partial charge on any atom is -0.383 e. The van der Waals surface area contributed by atoms with Crippen molar-refractivity contribution in [2.24, 2.45) is 5.73 Å². The van der Waals surface area contributed by atoms with Gasteiger partial charge < -0.3 is 10.5 Å². The molecule has 1 rings (SSSR count). The van der Waals surface area contributed by atoms with Crippen LogP contribution in [0.1, 0.15) is 11.1 Å². The molecule has 116 valence electrons. The highest BCUT2D eigenvalue weighted by molar-refractivity contribution is 7.87. The van der Waals surface area contributed by atoms with Gasteiger partial charge in [0.15, 0.2) is 0 Å². The predicted molar refractivity (Wildman–Crippen MR) is 82.6 cm³/mol. The molecule has 1 aromatic carbocycles. The van der Waals surface area contributed by atoms with Crippen LogP contribution in [0.4, 0.5) is 0 Å². The summed E-state index contributed by atoms with van der Waals surface area (Å²) in [6, 6.07) is 7.40. The Morgan fingerprint density at radius 3 is 2.76 bits per heavy atom. The number of hydrogen-bond acceptors (Lipinski definition) is 4. The van der Waals surface area contributed by atoms with Crippen molar-refractivity contribution < 1.29 is 13.2 Å². The maximum absolute atomic E-state index is 12.0. The monoisotopic (exact) mass is 311 g/mol. The summed E-state index contributed by atoms with van der Waals surface area (Å²) in [5.74, 6) is 5.72. The molecule has 0 atom stereocenters. The van der Waals surface area contributed by atoms with Crippen molar-refractivity contribution in [1.82, 2.24) is 9.03 Å². The van der Waals surface area contributed by atoms with Gasteiger partial charge in [-0.15, -0.1) is 0 Å². The first-order valence-electron chi connectivity index (χ1n) is 6.48. The molecule has 0 aliphatic carbocycles. The first-order chi connectivity index (χ1) is 10.0. The third-order valence-electron chi connectivity index (χ3n) is 2.74. The zero-order chi connectivity index (χ0) is 15.7. The van der Waals surface area contributed by atoms with E-state index in [9.17, 15) is 8.42 Å². The SMILES string of the molecule is COCCNS(=O)(=O)N(C)Cc1ccccc1C#CCN. The molecule has 0 saturated heterocycles. The molecule has 0 bridgehead atoms. The van der Waals surface area contributed by atoms with E-state index in [0.717, 1.165) is 11.1 Å². The number of methoxy groups -OCH3 is 1. The van der Waals surface area contributed by atoms with Gasteiger partial charge in [-0.3, -0.25) is 0 Å². The predicted octanol–water partition coefficient (Wildman–Crippen LogP) is -0.0906. The summed E-state index contributed by atoms with van der Waals surface area (Å²) in [5.41, 5.74) is 6.97. The zero-order valence-electron chi connectivity index (χ0n) is 12.3. The Balaban J connectivity index is 2.81. The third-order valence-corrected chi connectivity index (χ3v) is 4.26. The van der Waals surface area contributed by atoms with Crippen molar-refractivity contribution in [1.29, 1.82) is 0 Å². The quantitative estimate of drug-likeness (QED) is 0.544. The Labute approximate surface area is 126 Å². The summed E-state index contributed by atoms with van der Waals surface area (Å²) in [5, 5.41) is 0. The molecule has 7 heteroatoms. The van der Waals surface area contributed by atoms with Gasteiger partial charge in [-0.25, -0.2) is 0 Å². The highest BCUT2D eigenvalue weighted by Gasteiger charge is 2.17. The number of hydrogen-bond donors (Lipinski definition) is 2. The summed E-state index contributed by atoms with van der Waals surface area (Å²) < 4.78 is 32.6. The first-order valence-corrected chi connectivity index (χ1v) is 7.92. The molecular weight excluding hydrogens is 290 g/mol. The average molecular weight is 311 g/mol. The Hall–Kier alpha value is -1.43. The molecule has 0 radical (unpaired) electrons. The summed E-state index contributed by atoms with van der Waals surface area (Å²) in [4.78, 5) is 0. The van der Waals surface area contributed by atoms with E-state index in [0.29, 0.717) is 6.61 Å². The number of nitrogens with two attached hydrogens (primary N) is 1. The maximum Gasteiger partial charge on any atom is 0.279 e. The van der Waals surface area contributed by atoms with Crippen LogP contribution in [0.5, 0.6) is 0 Å². The molecule has 21 heavy (non-hydrogen) atoms. The largest absolute Gasteiger partial charge is 0.383 e. The van der Waals surface area contributed by atoms with E-state index in [1.807, 2.05) is 24.3 Å². The van der Waals surface area contributed by atoms with E-state index in [1.54, 1.807) is 0 Å². The fourth-order valence-corrected chi connectivity index (χ4v) is 2.50. The molecule has 6 nitrogen and oxygen atoms in total. The lowest BCUT2D eigenvalue weighted by Gasteiger charge is -2.18. The van der Waals surface area contributed by atoms with Gasteiger partial charge in [0.05, 0.1) is 13.2 Å². The molecule has 0 amide bonds. The summed E-state index contributed by atoms with van der Waals surface area (Å²) in [6.07, 6.45) is 0. The van der Waals surface area contributed by atoms with Crippen LogP contribution >= 0.6 is 0 Å². The molecule has 0 aromatic heterocycles. The highest BCUT2D eigenvalue weighted by Crippen LogP contribution is 2.11. The molecule has 0 unspecified atom stereocenters. The normalized spacial score (nSPS) is 11.2. The van der Waals surface area contributed by atoms with Gasteiger partial charge in [0.25, 0.3) is 10.2 Å². The van der Waals surface area contributed by atoms with Gasteiger partial charge in [0.1, 0.15) is 0 Å². The van der Waals surface area contributed by atoms with E-state index >= 15 is 0 Å². The van der Waals surface area contributed by atoms with Gasteiger partial charge >= 0.3 is 0 Å². The summed E-state index contributed by atoms with van der Waals surface area (Å²) in [7, 11) is -0.503. The van der Waals surface area contributed by atoms with Crippen molar-refractivity contribution in [3.8, 4) is 11.8 Å². The fourth-order valence-electron chi connectivity index (χ4n) is 1.63. The third kappa shape index (κ3) is 5.83. The molecule has 0 aliphatic heterocycles. The maximum atomic E-state index is 12.0. The number of nitrogens with one attached hydrogen (secondary N) is 1. The van der Waals surface area contributed by atoms with Crippen LogP contribution in [0.15, 0.2) is 24.3 Å². The summed E-state index contributed by atoms with van der Waals surface area (Å²) in [6.45, 7) is 1.06. The van der Waals surface area contributed by atoms with Gasteiger partial charge in [-0.2, -0.15) is 17.4 Å². The van der Waals surface area contributed by atoms with Crippen LogP contribution in [0.2, 0.25) is 0 Å². The van der Waals surface area contributed by atoms with E-state index in [4.69, 9.17) is 10.5 Å². The highest BCUT2D eigenvalue weighted by atomic mass is 32.2. The molecular formula is C14H21N3O3S. The Morgan fingerprint density at radius 2 is 2.10 bits per heavy atom. The number of ether oxygens (including phenoxy) is 1. The van der Waals surface area contributed by atoms with Crippen molar-refractivity contribution in [2.45, 2.75) is 6.54 Å². The second-order valence-electron chi connectivity index (χ2n) is 4.31. The number of benzene rings is 1. The van der Waals surface area contributed by atoms with Gasteiger partial charge in [0, 0.05) is 32.8 Å². The molecule has 0 fully saturated rings. The second-order valence-corrected chi connectivity index (χ2v) is 6.17. The van der Waals surface area contributed by atoms with E-state index in [2.05, 4.69) is 16.6 Å². The van der Waals surface area contributed by atoms with Gasteiger partial charge in [-0.05, 0) is 11.6 Å². The Kier molecular flexibility index (Phi) is 7.36. The van der Waals surface area contributed by atoms with Gasteiger partial charge in [0.2, 0.25) is 0 Å². The molecule has 0 spiro atoms. The lowest BCUT2D eigenvalue weighted by molar-refractivity contribution is 0.204. The second kappa shape index (κ2) is 8.77. The lowest BCUT2D eigenvalue weighted by atomic mass is 10.1. The van der Waals surface area contributed by atoms with Crippen LogP contribution in [0, 0.1) is 11.8 Å². The standard InChI is InChI=1S/C14H21N3O3S/c1-17(21(18,19)16-10-11-20-2)12-14-7-4-3-6-13(14)8-5-9-15/h3-4,6-7,16H,9-12,15H2,1-2H3. The van der Waals surface area contributed by atoms with Crippen LogP contribution in [0.25, 0.3) is 0 Å². The van der Waals surface area contributed by atoms with Crippen molar-refractivity contribution in [3.05, 3.63) is 35.4 Å². The van der Waals surface area contributed by atoms with Crippen molar-refractivity contribution in [3.63, 3.8) is 0 Å². The van der Waals surface area contributed by atoms with Crippen LogP contribution in [-0.2, 0) is 21.5 Å². The van der Waals surface area contributed by atoms with E-state index < -0.39 is 10.2 Å². The number of nitrogens with zero attached hydrogens (tertiary/aromatic N) is 1. The van der Waals surface area contributed by atoms with Crippen LogP contribution < -0.4 is 10.5 Å². The summed E-state index contributed by atoms with van der Waals surface area (Å²) >= 11 is 0.